The number of carbonyl (C=O) groups excluding carboxylic acids is 1. The van der Waals surface area contributed by atoms with E-state index in [9.17, 15) is 4.79 Å². The van der Waals surface area contributed by atoms with E-state index in [1.165, 1.54) is 5.56 Å². The number of carbonyl (C=O) groups is 1. The van der Waals surface area contributed by atoms with Crippen LogP contribution in [-0.2, 0) is 0 Å². The van der Waals surface area contributed by atoms with Gasteiger partial charge in [0, 0.05) is 26.2 Å². The lowest BCUT2D eigenvalue weighted by Crippen LogP contribution is -2.35. The Morgan fingerprint density at radius 1 is 1.00 bits per heavy atom. The largest absolute Gasteiger partial charge is 0.496 e. The van der Waals surface area contributed by atoms with Gasteiger partial charge >= 0.3 is 0 Å². The van der Waals surface area contributed by atoms with Crippen molar-refractivity contribution in [1.82, 2.24) is 19.7 Å². The molecule has 0 bridgehead atoms. The molecule has 2 aromatic carbocycles. The molecule has 0 N–H and O–H groups in total. The van der Waals surface area contributed by atoms with Crippen LogP contribution in [0.1, 0.15) is 28.0 Å². The topological polar surface area (TPSA) is 63.5 Å². The Hall–Kier alpha value is -3.39. The fourth-order valence-electron chi connectivity index (χ4n) is 4.23. The molecule has 33 heavy (non-hydrogen) atoms. The average molecular weight is 462 g/mol. The van der Waals surface area contributed by atoms with Crippen LogP contribution < -0.4 is 9.64 Å². The number of aromatic nitrogens is 3. The Labute approximate surface area is 197 Å². The van der Waals surface area contributed by atoms with Crippen molar-refractivity contribution in [3.8, 4) is 11.4 Å². The van der Waals surface area contributed by atoms with Crippen LogP contribution in [0.2, 0.25) is 0 Å². The molecule has 0 aliphatic carbocycles. The van der Waals surface area contributed by atoms with Crippen molar-refractivity contribution in [2.45, 2.75) is 20.3 Å². The van der Waals surface area contributed by atoms with E-state index >= 15 is 0 Å². The maximum Gasteiger partial charge on any atom is 0.257 e. The molecular formula is C25H27N5O2S. The number of hydrogen-bond acceptors (Lipinski definition) is 6. The minimum atomic E-state index is 0.0180. The first kappa shape index (κ1) is 21.5. The van der Waals surface area contributed by atoms with Crippen molar-refractivity contribution >= 4 is 32.7 Å². The zero-order chi connectivity index (χ0) is 22.9. The summed E-state index contributed by atoms with van der Waals surface area (Å²) < 4.78 is 8.43. The summed E-state index contributed by atoms with van der Waals surface area (Å²) in [4.78, 5) is 22.3. The molecule has 170 valence electrons. The van der Waals surface area contributed by atoms with Gasteiger partial charge in [0.15, 0.2) is 10.8 Å². The fourth-order valence-corrected chi connectivity index (χ4v) is 5.27. The van der Waals surface area contributed by atoms with Gasteiger partial charge in [-0.3, -0.25) is 4.79 Å². The average Bonchev–Trinajstić information content (AvgIpc) is 3.30. The third-order valence-electron chi connectivity index (χ3n) is 6.05. The van der Waals surface area contributed by atoms with E-state index in [1.807, 2.05) is 40.8 Å². The van der Waals surface area contributed by atoms with Crippen LogP contribution in [-0.4, -0.2) is 58.9 Å². The van der Waals surface area contributed by atoms with Gasteiger partial charge in [0.1, 0.15) is 5.75 Å². The number of nitrogens with zero attached hydrogens (tertiary/aromatic N) is 5. The zero-order valence-electron chi connectivity index (χ0n) is 19.1. The third-order valence-corrected chi connectivity index (χ3v) is 7.26. The zero-order valence-corrected chi connectivity index (χ0v) is 19.9. The van der Waals surface area contributed by atoms with Crippen LogP contribution in [0.3, 0.4) is 0 Å². The number of fused-ring (bicyclic) bond motifs is 1. The number of thiazole rings is 1. The van der Waals surface area contributed by atoms with Gasteiger partial charge in [-0.1, -0.05) is 41.2 Å². The molecule has 1 fully saturated rings. The maximum absolute atomic E-state index is 13.1. The SMILES string of the molecule is COc1ccccc1C(=O)N1CCCN(c2nc3c(s2)c(C)nn3-c2ccc(C)cc2)CC1. The third kappa shape index (κ3) is 4.06. The summed E-state index contributed by atoms with van der Waals surface area (Å²) >= 11 is 1.68. The highest BCUT2D eigenvalue weighted by Crippen LogP contribution is 2.33. The number of amides is 1. The van der Waals surface area contributed by atoms with Crippen molar-refractivity contribution < 1.29 is 9.53 Å². The second kappa shape index (κ2) is 8.86. The van der Waals surface area contributed by atoms with E-state index in [0.717, 1.165) is 46.4 Å². The van der Waals surface area contributed by atoms with Gasteiger partial charge in [0.05, 0.1) is 28.8 Å². The molecule has 7 nitrogen and oxygen atoms in total. The van der Waals surface area contributed by atoms with Crippen molar-refractivity contribution in [3.05, 3.63) is 65.4 Å². The van der Waals surface area contributed by atoms with Gasteiger partial charge in [-0.25, -0.2) is 4.68 Å². The number of benzene rings is 2. The van der Waals surface area contributed by atoms with Crippen LogP contribution in [0, 0.1) is 13.8 Å². The van der Waals surface area contributed by atoms with Gasteiger partial charge in [-0.05, 0) is 44.5 Å². The summed E-state index contributed by atoms with van der Waals surface area (Å²) in [7, 11) is 1.60. The quantitative estimate of drug-likeness (QED) is 0.449. The Morgan fingerprint density at radius 3 is 2.58 bits per heavy atom. The number of ether oxygens (including phenoxy) is 1. The highest BCUT2D eigenvalue weighted by atomic mass is 32.1. The second-order valence-corrected chi connectivity index (χ2v) is 9.29. The minimum absolute atomic E-state index is 0.0180. The van der Waals surface area contributed by atoms with Crippen LogP contribution in [0.25, 0.3) is 16.0 Å². The molecule has 2 aromatic heterocycles. The van der Waals surface area contributed by atoms with Crippen molar-refractivity contribution in [1.29, 1.82) is 0 Å². The van der Waals surface area contributed by atoms with Gasteiger partial charge in [-0.15, -0.1) is 0 Å². The number of anilines is 1. The van der Waals surface area contributed by atoms with Gasteiger partial charge in [-0.2, -0.15) is 10.1 Å². The standard InChI is InChI=1S/C25H27N5O2S/c1-17-9-11-19(12-10-17)30-23-22(18(2)27-30)33-25(26-23)29-14-6-13-28(15-16-29)24(31)20-7-4-5-8-21(20)32-3/h4-5,7-12H,6,13-16H2,1-3H3. The first-order valence-corrected chi connectivity index (χ1v) is 12.0. The monoisotopic (exact) mass is 461 g/mol. The number of methoxy groups -OCH3 is 1. The van der Waals surface area contributed by atoms with Crippen molar-refractivity contribution in [2.24, 2.45) is 0 Å². The Balaban J connectivity index is 1.37. The normalized spacial score (nSPS) is 14.5. The van der Waals surface area contributed by atoms with Crippen LogP contribution in [0.5, 0.6) is 5.75 Å². The van der Waals surface area contributed by atoms with E-state index < -0.39 is 0 Å². The Kier molecular flexibility index (Phi) is 5.76. The molecule has 5 rings (SSSR count). The van der Waals surface area contributed by atoms with Gasteiger partial charge in [0.25, 0.3) is 5.91 Å². The molecule has 1 aliphatic rings. The summed E-state index contributed by atoms with van der Waals surface area (Å²) in [6, 6.07) is 15.8. The first-order valence-electron chi connectivity index (χ1n) is 11.2. The van der Waals surface area contributed by atoms with Crippen molar-refractivity contribution in [3.63, 3.8) is 0 Å². The lowest BCUT2D eigenvalue weighted by molar-refractivity contribution is 0.0763. The molecular weight excluding hydrogens is 434 g/mol. The highest BCUT2D eigenvalue weighted by Gasteiger charge is 2.25. The van der Waals surface area contributed by atoms with E-state index in [1.54, 1.807) is 18.4 Å². The first-order chi connectivity index (χ1) is 16.0. The van der Waals surface area contributed by atoms with Crippen LogP contribution >= 0.6 is 11.3 Å². The summed E-state index contributed by atoms with van der Waals surface area (Å²) in [5, 5.41) is 5.71. The van der Waals surface area contributed by atoms with Gasteiger partial charge in [0.2, 0.25) is 0 Å². The predicted octanol–water partition coefficient (Wildman–Crippen LogP) is 4.46. The van der Waals surface area contributed by atoms with E-state index in [2.05, 4.69) is 36.1 Å². The number of rotatable bonds is 4. The van der Waals surface area contributed by atoms with E-state index in [0.29, 0.717) is 24.4 Å². The summed E-state index contributed by atoms with van der Waals surface area (Å²) in [6.45, 7) is 7.09. The van der Waals surface area contributed by atoms with Crippen molar-refractivity contribution in [2.75, 3.05) is 38.2 Å². The molecule has 1 aliphatic heterocycles. The number of aryl methyl sites for hydroxylation is 2. The molecule has 0 spiro atoms. The van der Waals surface area contributed by atoms with Gasteiger partial charge < -0.3 is 14.5 Å². The number of hydrogen-bond donors (Lipinski definition) is 0. The number of para-hydroxylation sites is 1. The van der Waals surface area contributed by atoms with E-state index in [-0.39, 0.29) is 5.91 Å². The maximum atomic E-state index is 13.1. The molecule has 8 heteroatoms. The lowest BCUT2D eigenvalue weighted by atomic mass is 10.1. The summed E-state index contributed by atoms with van der Waals surface area (Å²) in [6.07, 6.45) is 0.889. The van der Waals surface area contributed by atoms with E-state index in [4.69, 9.17) is 14.8 Å². The predicted molar refractivity (Wildman–Crippen MR) is 132 cm³/mol. The molecule has 1 saturated heterocycles. The molecule has 4 aromatic rings. The smallest absolute Gasteiger partial charge is 0.257 e. The molecule has 0 unspecified atom stereocenters. The molecule has 0 saturated carbocycles. The minimum Gasteiger partial charge on any atom is -0.496 e. The molecule has 0 radical (unpaired) electrons. The second-order valence-electron chi connectivity index (χ2n) is 8.32. The molecule has 0 atom stereocenters. The Morgan fingerprint density at radius 2 is 1.79 bits per heavy atom. The van der Waals surface area contributed by atoms with Crippen LogP contribution in [0.15, 0.2) is 48.5 Å². The molecule has 3 heterocycles. The van der Waals surface area contributed by atoms with Crippen LogP contribution in [0.4, 0.5) is 5.13 Å². The fraction of sp³-hybridized carbons (Fsp3) is 0.320. The molecule has 1 amide bonds. The summed E-state index contributed by atoms with van der Waals surface area (Å²) in [5.41, 5.74) is 4.72. The highest BCUT2D eigenvalue weighted by molar-refractivity contribution is 7.22. The Bertz CT molecular complexity index is 1290. The lowest BCUT2D eigenvalue weighted by Gasteiger charge is -2.22. The summed E-state index contributed by atoms with van der Waals surface area (Å²) in [5.74, 6) is 0.635.